The van der Waals surface area contributed by atoms with Crippen molar-refractivity contribution < 1.29 is 31.8 Å². The summed E-state index contributed by atoms with van der Waals surface area (Å²) in [6, 6.07) is 16.1. The Morgan fingerprint density at radius 1 is 1.04 bits per heavy atom. The average Bonchev–Trinajstić information content (AvgIpc) is 3.89. The minimum atomic E-state index is -3.91. The number of halogens is 2. The number of aliphatic hydroxyl groups excluding tert-OH is 1. The Morgan fingerprint density at radius 3 is 2.41 bits per heavy atom. The van der Waals surface area contributed by atoms with Crippen LogP contribution in [0, 0.1) is 23.0 Å². The Morgan fingerprint density at radius 2 is 1.76 bits per heavy atom. The number of amides is 1. The van der Waals surface area contributed by atoms with Gasteiger partial charge in [-0.15, -0.1) is 0 Å². The molecule has 3 aromatic carbocycles. The summed E-state index contributed by atoms with van der Waals surface area (Å²) in [7, 11) is -3.91. The third-order valence-corrected chi connectivity index (χ3v) is 11.0. The predicted octanol–water partition coefficient (Wildman–Crippen LogP) is 5.43. The van der Waals surface area contributed by atoms with Gasteiger partial charge >= 0.3 is 0 Å². The van der Waals surface area contributed by atoms with Crippen molar-refractivity contribution in [1.82, 2.24) is 10.0 Å². The molecule has 2 aliphatic rings. The zero-order chi connectivity index (χ0) is 34.9. The number of ether oxygens (including phenoxy) is 1. The van der Waals surface area contributed by atoms with Gasteiger partial charge in [0.15, 0.2) is 0 Å². The van der Waals surface area contributed by atoms with E-state index in [0.717, 1.165) is 12.8 Å². The molecule has 1 aliphatic carbocycles. The van der Waals surface area contributed by atoms with E-state index in [1.807, 2.05) is 0 Å². The van der Waals surface area contributed by atoms with E-state index in [0.29, 0.717) is 38.2 Å². The second-order valence-electron chi connectivity index (χ2n) is 12.9. The minimum Gasteiger partial charge on any atom is -0.396 e. The first-order valence-corrected chi connectivity index (χ1v) is 18.0. The van der Waals surface area contributed by atoms with Gasteiger partial charge in [-0.25, -0.2) is 21.9 Å². The van der Waals surface area contributed by atoms with Crippen molar-refractivity contribution in [1.29, 1.82) is 0 Å². The largest absolute Gasteiger partial charge is 0.396 e. The van der Waals surface area contributed by atoms with Gasteiger partial charge in [0.05, 0.1) is 4.90 Å². The molecule has 1 aliphatic heterocycles. The summed E-state index contributed by atoms with van der Waals surface area (Å²) in [5.41, 5.74) is 10.3. The molecule has 4 N–H and O–H groups in total. The van der Waals surface area contributed by atoms with Crippen molar-refractivity contribution in [2.24, 2.45) is 16.4 Å². The fraction of sp³-hybridized carbons (Fsp3) is 0.457. The standard InChI is InChI=1S/C35H42F2N6O5S/c36-26-11-9-24(10-12-26)32(25-15-19-48-20-16-25)33(41-43-38)34(45)40-31-8-4-7-30(37)29(31)14-13-27(21-39-22-35(23-44)17-18-35)42-49(46,47)28-5-2-1-3-6-28/h1-12,25,27,32-33,39,42,44H,13-23H2,(H,40,45)/t27?,32-,33+/m0/s1. The first-order chi connectivity index (χ1) is 23.6. The average molecular weight is 697 g/mol. The van der Waals surface area contributed by atoms with Crippen LogP contribution >= 0.6 is 0 Å². The topological polar surface area (TPSA) is 166 Å². The van der Waals surface area contributed by atoms with Gasteiger partial charge in [-0.1, -0.05) is 41.5 Å². The van der Waals surface area contributed by atoms with E-state index in [1.54, 1.807) is 36.4 Å². The van der Waals surface area contributed by atoms with Crippen LogP contribution in [-0.2, 0) is 26.0 Å². The van der Waals surface area contributed by atoms with Crippen LogP contribution in [0.15, 0.2) is 82.8 Å². The molecular weight excluding hydrogens is 654 g/mol. The Hall–Kier alpha value is -3.91. The molecule has 0 aromatic heterocycles. The lowest BCUT2D eigenvalue weighted by molar-refractivity contribution is -0.118. The number of carbonyl (C=O) groups is 1. The zero-order valence-corrected chi connectivity index (χ0v) is 27.9. The molecule has 0 spiro atoms. The van der Waals surface area contributed by atoms with Gasteiger partial charge in [-0.3, -0.25) is 4.79 Å². The van der Waals surface area contributed by atoms with E-state index in [1.165, 1.54) is 36.4 Å². The Bertz CT molecular complexity index is 1710. The van der Waals surface area contributed by atoms with Crippen molar-refractivity contribution >= 4 is 21.6 Å². The molecule has 1 amide bonds. The van der Waals surface area contributed by atoms with Crippen LogP contribution in [-0.4, -0.2) is 64.4 Å². The fourth-order valence-electron chi connectivity index (χ4n) is 6.44. The predicted molar refractivity (Wildman–Crippen MR) is 181 cm³/mol. The summed E-state index contributed by atoms with van der Waals surface area (Å²) in [5.74, 6) is -2.36. The molecule has 3 aromatic rings. The van der Waals surface area contributed by atoms with Gasteiger partial charge < -0.3 is 20.5 Å². The van der Waals surface area contributed by atoms with Gasteiger partial charge in [0, 0.05) is 66.4 Å². The van der Waals surface area contributed by atoms with E-state index >= 15 is 4.39 Å². The number of hydrogen-bond donors (Lipinski definition) is 4. The van der Waals surface area contributed by atoms with Gasteiger partial charge in [0.25, 0.3) is 0 Å². The van der Waals surface area contributed by atoms with Crippen LogP contribution in [0.4, 0.5) is 14.5 Å². The molecular formula is C35H42F2N6O5S. The number of rotatable bonds is 17. The molecule has 1 heterocycles. The molecule has 11 nitrogen and oxygen atoms in total. The number of carbonyl (C=O) groups excluding carboxylic acids is 1. The van der Waals surface area contributed by atoms with Crippen LogP contribution in [0.3, 0.4) is 0 Å². The monoisotopic (exact) mass is 696 g/mol. The van der Waals surface area contributed by atoms with E-state index in [2.05, 4.69) is 25.4 Å². The third-order valence-electron chi connectivity index (χ3n) is 9.49. The number of benzene rings is 3. The Labute approximate surface area is 285 Å². The maximum absolute atomic E-state index is 15.5. The van der Waals surface area contributed by atoms with E-state index in [-0.39, 0.29) is 53.5 Å². The number of hydrogen-bond acceptors (Lipinski definition) is 7. The Balaban J connectivity index is 1.36. The van der Waals surface area contributed by atoms with Crippen LogP contribution in [0.1, 0.15) is 49.1 Å². The normalized spacial score (nSPS) is 17.8. The summed E-state index contributed by atoms with van der Waals surface area (Å²) < 4.78 is 64.1. The number of azide groups is 1. The van der Waals surface area contributed by atoms with Crippen LogP contribution in [0.25, 0.3) is 10.4 Å². The smallest absolute Gasteiger partial charge is 0.240 e. The number of anilines is 1. The summed E-state index contributed by atoms with van der Waals surface area (Å²) in [6.45, 7) is 1.70. The Kier molecular flexibility index (Phi) is 12.4. The van der Waals surface area contributed by atoms with E-state index < -0.39 is 45.6 Å². The highest BCUT2D eigenvalue weighted by Gasteiger charge is 2.41. The number of aliphatic hydroxyl groups is 1. The molecule has 262 valence electrons. The molecule has 1 saturated carbocycles. The lowest BCUT2D eigenvalue weighted by Gasteiger charge is -2.34. The van der Waals surface area contributed by atoms with E-state index in [9.17, 15) is 28.2 Å². The van der Waals surface area contributed by atoms with Gasteiger partial charge in [0.2, 0.25) is 15.9 Å². The molecule has 5 rings (SSSR count). The van der Waals surface area contributed by atoms with Crippen molar-refractivity contribution in [3.63, 3.8) is 0 Å². The zero-order valence-electron chi connectivity index (χ0n) is 27.1. The first kappa shape index (κ1) is 36.4. The molecule has 49 heavy (non-hydrogen) atoms. The van der Waals surface area contributed by atoms with Crippen molar-refractivity contribution in [2.45, 2.75) is 61.4 Å². The molecule has 0 bridgehead atoms. The van der Waals surface area contributed by atoms with Crippen LogP contribution in [0.2, 0.25) is 0 Å². The summed E-state index contributed by atoms with van der Waals surface area (Å²) in [5, 5.41) is 19.7. The van der Waals surface area contributed by atoms with Crippen molar-refractivity contribution in [2.75, 3.05) is 38.2 Å². The maximum atomic E-state index is 15.5. The fourth-order valence-corrected chi connectivity index (χ4v) is 7.73. The highest BCUT2D eigenvalue weighted by Crippen LogP contribution is 2.44. The molecule has 2 fully saturated rings. The lowest BCUT2D eigenvalue weighted by Crippen LogP contribution is -2.44. The highest BCUT2D eigenvalue weighted by molar-refractivity contribution is 7.89. The second kappa shape index (κ2) is 16.7. The lowest BCUT2D eigenvalue weighted by atomic mass is 9.76. The van der Waals surface area contributed by atoms with Gasteiger partial charge in [0.1, 0.15) is 17.7 Å². The third kappa shape index (κ3) is 9.62. The van der Waals surface area contributed by atoms with Crippen LogP contribution in [0.5, 0.6) is 0 Å². The highest BCUT2D eigenvalue weighted by atomic mass is 32.2. The molecule has 0 radical (unpaired) electrons. The molecule has 1 unspecified atom stereocenters. The molecule has 1 saturated heterocycles. The maximum Gasteiger partial charge on any atom is 0.240 e. The number of sulfonamides is 1. The van der Waals surface area contributed by atoms with Gasteiger partial charge in [-0.2, -0.15) is 0 Å². The van der Waals surface area contributed by atoms with Gasteiger partial charge in [-0.05, 0) is 91.9 Å². The second-order valence-corrected chi connectivity index (χ2v) is 14.6. The van der Waals surface area contributed by atoms with E-state index in [4.69, 9.17) is 4.74 Å². The molecule has 14 heteroatoms. The summed E-state index contributed by atoms with van der Waals surface area (Å²) in [6.07, 6.45) is 3.20. The molecule has 3 atom stereocenters. The van der Waals surface area contributed by atoms with Crippen LogP contribution < -0.4 is 15.4 Å². The summed E-state index contributed by atoms with van der Waals surface area (Å²) >= 11 is 0. The van der Waals surface area contributed by atoms with Crippen molar-refractivity contribution in [3.05, 3.63) is 106 Å². The van der Waals surface area contributed by atoms with Crippen molar-refractivity contribution in [3.8, 4) is 0 Å². The minimum absolute atomic E-state index is 0.0338. The number of nitrogens with one attached hydrogen (secondary N) is 3. The quantitative estimate of drug-likeness (QED) is 0.0835. The first-order valence-electron chi connectivity index (χ1n) is 16.5. The summed E-state index contributed by atoms with van der Waals surface area (Å²) in [4.78, 5) is 17.0. The SMILES string of the molecule is [N-]=[N+]=N[C@@H](C(=O)Nc1cccc(F)c1CCC(CNCC1(CO)CC1)NS(=O)(=O)c1ccccc1)[C@@H](c1ccc(F)cc1)C1CCOCC1. The number of nitrogens with zero attached hydrogens (tertiary/aromatic N) is 3.